The first-order valence-electron chi connectivity index (χ1n) is 6.81. The van der Waals surface area contributed by atoms with E-state index in [1.165, 1.54) is 34.5 Å². The summed E-state index contributed by atoms with van der Waals surface area (Å²) < 4.78 is 15.4. The Balaban J connectivity index is 2.51. The predicted octanol–water partition coefficient (Wildman–Crippen LogP) is 3.58. The zero-order chi connectivity index (χ0) is 16.3. The van der Waals surface area contributed by atoms with Crippen molar-refractivity contribution in [2.24, 2.45) is 7.05 Å². The number of carbonyl (C=O) groups excluding carboxylic acids is 1. The van der Waals surface area contributed by atoms with Crippen LogP contribution in [-0.2, 0) is 7.05 Å². The minimum absolute atomic E-state index is 0.112. The van der Waals surface area contributed by atoms with Gasteiger partial charge < -0.3 is 5.32 Å². The van der Waals surface area contributed by atoms with Gasteiger partial charge in [0.15, 0.2) is 5.78 Å². The van der Waals surface area contributed by atoms with Gasteiger partial charge in [-0.15, -0.1) is 11.8 Å². The number of anilines is 2. The topological polar surface area (TPSA) is 51.1 Å². The first-order chi connectivity index (χ1) is 10.5. The molecule has 1 aromatic carbocycles. The molecule has 0 unspecified atom stereocenters. The van der Waals surface area contributed by atoms with E-state index in [1.54, 1.807) is 26.1 Å². The minimum atomic E-state index is -0.432. The molecule has 22 heavy (non-hydrogen) atoms. The molecule has 116 valence electrons. The third-order valence-corrected chi connectivity index (χ3v) is 4.09. The number of hydrogen-bond donors (Lipinski definition) is 1. The van der Waals surface area contributed by atoms with Crippen molar-refractivity contribution in [2.75, 3.05) is 11.6 Å². The van der Waals surface area contributed by atoms with Gasteiger partial charge in [-0.05, 0) is 30.5 Å². The number of thioether (sulfide) groups is 1. The van der Waals surface area contributed by atoms with E-state index in [0.29, 0.717) is 17.8 Å². The highest BCUT2D eigenvalue weighted by Crippen LogP contribution is 2.26. The summed E-state index contributed by atoms with van der Waals surface area (Å²) in [7, 11) is 1.55. The van der Waals surface area contributed by atoms with E-state index >= 15 is 0 Å². The summed E-state index contributed by atoms with van der Waals surface area (Å²) in [6.45, 7) is 1.74. The number of carbonyl (C=O) groups is 1. The number of Topliss-reactive ketones (excluding diaryl/α,β-unsaturated/α-hetero) is 1. The molecule has 2 aromatic rings. The summed E-state index contributed by atoms with van der Waals surface area (Å²) in [5, 5.41) is 2.87. The molecule has 1 heterocycles. The fourth-order valence-corrected chi connectivity index (χ4v) is 2.48. The molecule has 0 amide bonds. The Hall–Kier alpha value is -2.08. The first kappa shape index (κ1) is 16.3. The van der Waals surface area contributed by atoms with E-state index in [1.807, 2.05) is 6.26 Å². The first-order valence-corrected chi connectivity index (χ1v) is 8.04. The molecule has 0 aliphatic rings. The maximum atomic E-state index is 14.1. The summed E-state index contributed by atoms with van der Waals surface area (Å²) in [4.78, 5) is 24.6. The maximum absolute atomic E-state index is 14.1. The lowest BCUT2D eigenvalue weighted by atomic mass is 10.1. The van der Waals surface area contributed by atoms with Crippen LogP contribution in [0.1, 0.15) is 23.7 Å². The Labute approximate surface area is 132 Å². The summed E-state index contributed by atoms with van der Waals surface area (Å²) in [5.41, 5.74) is 0.332. The largest absolute Gasteiger partial charge is 0.339 e. The van der Waals surface area contributed by atoms with Gasteiger partial charge in [0, 0.05) is 24.4 Å². The van der Waals surface area contributed by atoms with Crippen LogP contribution in [-0.4, -0.2) is 16.6 Å². The van der Waals surface area contributed by atoms with Crippen molar-refractivity contribution in [3.63, 3.8) is 0 Å². The maximum Gasteiger partial charge on any atom is 0.251 e. The second-order valence-corrected chi connectivity index (χ2v) is 5.62. The molecule has 0 aliphatic carbocycles. The fourth-order valence-electron chi connectivity index (χ4n) is 2.05. The number of halogens is 1. The number of pyridine rings is 1. The molecule has 1 N–H and O–H groups in total. The van der Waals surface area contributed by atoms with Gasteiger partial charge in [-0.2, -0.15) is 0 Å². The highest BCUT2D eigenvalue weighted by Gasteiger charge is 2.15. The molecule has 0 bridgehead atoms. The van der Waals surface area contributed by atoms with Crippen molar-refractivity contribution in [1.82, 2.24) is 4.57 Å². The Kier molecular flexibility index (Phi) is 5.03. The Morgan fingerprint density at radius 2 is 2.05 bits per heavy atom. The molecular formula is C16H17FN2O2S. The van der Waals surface area contributed by atoms with Gasteiger partial charge >= 0.3 is 0 Å². The van der Waals surface area contributed by atoms with Crippen LogP contribution < -0.4 is 10.9 Å². The molecule has 0 fully saturated rings. The molecule has 2 rings (SSSR count). The van der Waals surface area contributed by atoms with E-state index in [2.05, 4.69) is 5.32 Å². The van der Waals surface area contributed by atoms with Gasteiger partial charge in [0.25, 0.3) is 5.56 Å². The van der Waals surface area contributed by atoms with E-state index < -0.39 is 5.82 Å². The second kappa shape index (κ2) is 6.79. The highest BCUT2D eigenvalue weighted by atomic mass is 32.2. The van der Waals surface area contributed by atoms with Crippen molar-refractivity contribution in [1.29, 1.82) is 0 Å². The van der Waals surface area contributed by atoms with Gasteiger partial charge in [0.2, 0.25) is 0 Å². The molecule has 0 radical (unpaired) electrons. The van der Waals surface area contributed by atoms with Crippen LogP contribution in [0.3, 0.4) is 0 Å². The molecule has 0 atom stereocenters. The molecule has 1 aromatic heterocycles. The van der Waals surface area contributed by atoms with Crippen LogP contribution >= 0.6 is 11.8 Å². The lowest BCUT2D eigenvalue weighted by Gasteiger charge is -2.15. The number of aromatic nitrogens is 1. The lowest BCUT2D eigenvalue weighted by molar-refractivity contribution is 0.0988. The Morgan fingerprint density at radius 3 is 2.64 bits per heavy atom. The van der Waals surface area contributed by atoms with Gasteiger partial charge in [0.05, 0.1) is 11.3 Å². The Bertz CT molecular complexity index is 771. The number of nitrogens with one attached hydrogen (secondary N) is 1. The predicted molar refractivity (Wildman–Crippen MR) is 87.8 cm³/mol. The second-order valence-electron chi connectivity index (χ2n) is 4.74. The van der Waals surface area contributed by atoms with Crippen LogP contribution in [0.5, 0.6) is 0 Å². The quantitative estimate of drug-likeness (QED) is 0.676. The van der Waals surface area contributed by atoms with Crippen LogP contribution in [0, 0.1) is 5.82 Å². The molecule has 6 heteroatoms. The fraction of sp³-hybridized carbons (Fsp3) is 0.250. The third-order valence-electron chi connectivity index (χ3n) is 3.36. The molecule has 0 saturated heterocycles. The van der Waals surface area contributed by atoms with E-state index in [4.69, 9.17) is 0 Å². The standard InChI is InChI=1S/C16H17FN2O2S/c1-4-14(20)11-6-8-15(21)19(2)16(11)18-13-7-5-10(22-3)9-12(13)17/h5-9,18H,4H2,1-3H3. The average molecular weight is 320 g/mol. The number of ketones is 1. The number of benzene rings is 1. The summed E-state index contributed by atoms with van der Waals surface area (Å²) in [5.74, 6) is -0.243. The SMILES string of the molecule is CCC(=O)c1ccc(=O)n(C)c1Nc1ccc(SC)cc1F. The van der Waals surface area contributed by atoms with Crippen molar-refractivity contribution in [2.45, 2.75) is 18.2 Å². The lowest BCUT2D eigenvalue weighted by Crippen LogP contribution is -2.21. The molecule has 4 nitrogen and oxygen atoms in total. The van der Waals surface area contributed by atoms with Crippen LogP contribution in [0.25, 0.3) is 0 Å². The van der Waals surface area contributed by atoms with Gasteiger partial charge in [-0.3, -0.25) is 14.2 Å². The van der Waals surface area contributed by atoms with Crippen LogP contribution in [0.4, 0.5) is 15.9 Å². The zero-order valence-corrected chi connectivity index (χ0v) is 13.5. The summed E-state index contributed by atoms with van der Waals surface area (Å²) >= 11 is 1.44. The van der Waals surface area contributed by atoms with Crippen molar-refractivity contribution < 1.29 is 9.18 Å². The monoisotopic (exact) mass is 320 g/mol. The summed E-state index contributed by atoms with van der Waals surface area (Å²) in [6.07, 6.45) is 2.17. The van der Waals surface area contributed by atoms with Gasteiger partial charge in [-0.1, -0.05) is 6.92 Å². The normalized spacial score (nSPS) is 10.5. The zero-order valence-electron chi connectivity index (χ0n) is 12.6. The Morgan fingerprint density at radius 1 is 1.32 bits per heavy atom. The van der Waals surface area contributed by atoms with E-state index in [9.17, 15) is 14.0 Å². The van der Waals surface area contributed by atoms with Crippen LogP contribution in [0.15, 0.2) is 40.0 Å². The minimum Gasteiger partial charge on any atom is -0.339 e. The number of hydrogen-bond acceptors (Lipinski definition) is 4. The highest BCUT2D eigenvalue weighted by molar-refractivity contribution is 7.98. The molecule has 0 aliphatic heterocycles. The summed E-state index contributed by atoms with van der Waals surface area (Å²) in [6, 6.07) is 7.60. The van der Waals surface area contributed by atoms with Crippen LogP contribution in [0.2, 0.25) is 0 Å². The van der Waals surface area contributed by atoms with Gasteiger partial charge in [-0.25, -0.2) is 4.39 Å². The molecule has 0 saturated carbocycles. The van der Waals surface area contributed by atoms with Crippen molar-refractivity contribution in [3.8, 4) is 0 Å². The third kappa shape index (κ3) is 3.22. The van der Waals surface area contributed by atoms with E-state index in [-0.39, 0.29) is 17.0 Å². The average Bonchev–Trinajstić information content (AvgIpc) is 2.52. The van der Waals surface area contributed by atoms with Gasteiger partial charge in [0.1, 0.15) is 11.6 Å². The number of nitrogens with zero attached hydrogens (tertiary/aromatic N) is 1. The smallest absolute Gasteiger partial charge is 0.251 e. The molecular weight excluding hydrogens is 303 g/mol. The van der Waals surface area contributed by atoms with E-state index in [0.717, 1.165) is 4.90 Å². The number of rotatable bonds is 5. The van der Waals surface area contributed by atoms with Crippen molar-refractivity contribution in [3.05, 3.63) is 52.1 Å². The van der Waals surface area contributed by atoms with Crippen molar-refractivity contribution >= 4 is 29.1 Å². The molecule has 0 spiro atoms.